The number of aliphatic hydroxyl groups is 2. The Morgan fingerprint density at radius 1 is 0.909 bits per heavy atom. The van der Waals surface area contributed by atoms with Crippen LogP contribution >= 0.6 is 0 Å². The Morgan fingerprint density at radius 3 is 2.18 bits per heavy atom. The third-order valence-corrected chi connectivity index (χ3v) is 4.42. The number of rotatable bonds is 0. The first kappa shape index (κ1) is 13.5. The maximum Gasteiger partial charge on any atom is 0.424 e. The molecule has 2 unspecified atom stereocenters. The predicted molar refractivity (Wildman–Crippen MR) is 77.1 cm³/mol. The first-order chi connectivity index (χ1) is 10.3. The normalized spacial score (nSPS) is 24.7. The van der Waals surface area contributed by atoms with Gasteiger partial charge in [0.15, 0.2) is 0 Å². The molecule has 4 rings (SSSR count). The van der Waals surface area contributed by atoms with Gasteiger partial charge in [-0.2, -0.15) is 13.2 Å². The summed E-state index contributed by atoms with van der Waals surface area (Å²) in [5, 5.41) is 23.3. The average molecular weight is 304 g/mol. The second kappa shape index (κ2) is 4.00. The van der Waals surface area contributed by atoms with E-state index in [0.717, 1.165) is 16.8 Å². The Bertz CT molecular complexity index is 946. The third kappa shape index (κ3) is 1.47. The standard InChI is InChI=1S/C17H11F3O2/c18-17(19,20)16(22)12-7-6-10-3-1-2-9-4-5-11(8-13(16)21)15(12)14(9)10/h1-8,13,21-22H. The minimum absolute atomic E-state index is 0.297. The number of benzene rings is 3. The van der Waals surface area contributed by atoms with Crippen molar-refractivity contribution in [2.45, 2.75) is 17.9 Å². The van der Waals surface area contributed by atoms with Gasteiger partial charge in [0.05, 0.1) is 0 Å². The summed E-state index contributed by atoms with van der Waals surface area (Å²) in [4.78, 5) is 0. The zero-order chi connectivity index (χ0) is 15.7. The topological polar surface area (TPSA) is 40.5 Å². The highest BCUT2D eigenvalue weighted by Gasteiger charge is 2.60. The van der Waals surface area contributed by atoms with Gasteiger partial charge in [0, 0.05) is 5.56 Å². The van der Waals surface area contributed by atoms with Gasteiger partial charge >= 0.3 is 6.18 Å². The summed E-state index contributed by atoms with van der Waals surface area (Å²) in [5.74, 6) is 0. The Kier molecular flexibility index (Phi) is 2.46. The molecule has 0 amide bonds. The molecular weight excluding hydrogens is 293 g/mol. The molecule has 3 aromatic carbocycles. The quantitative estimate of drug-likeness (QED) is 0.670. The molecule has 5 heteroatoms. The van der Waals surface area contributed by atoms with Crippen LogP contribution in [-0.4, -0.2) is 22.5 Å². The van der Waals surface area contributed by atoms with Gasteiger partial charge in [-0.3, -0.25) is 0 Å². The highest BCUT2D eigenvalue weighted by atomic mass is 19.4. The summed E-state index contributed by atoms with van der Waals surface area (Å²) in [6, 6.07) is 11.7. The Labute approximate surface area is 123 Å². The summed E-state index contributed by atoms with van der Waals surface area (Å²) < 4.78 is 40.3. The highest BCUT2D eigenvalue weighted by molar-refractivity contribution is 6.12. The lowest BCUT2D eigenvalue weighted by Crippen LogP contribution is -2.53. The van der Waals surface area contributed by atoms with Gasteiger partial charge in [0.2, 0.25) is 5.60 Å². The summed E-state index contributed by atoms with van der Waals surface area (Å²) in [7, 11) is 0. The highest BCUT2D eigenvalue weighted by Crippen LogP contribution is 2.46. The first-order valence-electron chi connectivity index (χ1n) is 6.77. The van der Waals surface area contributed by atoms with E-state index < -0.39 is 17.9 Å². The second-order valence-corrected chi connectivity index (χ2v) is 5.60. The second-order valence-electron chi connectivity index (χ2n) is 5.60. The molecule has 0 aliphatic heterocycles. The van der Waals surface area contributed by atoms with Crippen molar-refractivity contribution in [1.29, 1.82) is 0 Å². The molecule has 2 N–H and O–H groups in total. The van der Waals surface area contributed by atoms with Crippen LogP contribution in [0.5, 0.6) is 0 Å². The molecule has 0 bridgehead atoms. The molecule has 0 radical (unpaired) electrons. The third-order valence-electron chi connectivity index (χ3n) is 4.42. The van der Waals surface area contributed by atoms with Crippen molar-refractivity contribution in [2.24, 2.45) is 0 Å². The lowest BCUT2D eigenvalue weighted by molar-refractivity contribution is -0.288. The molecule has 3 aromatic rings. The van der Waals surface area contributed by atoms with Gasteiger partial charge in [-0.25, -0.2) is 0 Å². The molecule has 1 aliphatic rings. The van der Waals surface area contributed by atoms with Gasteiger partial charge in [0.25, 0.3) is 0 Å². The van der Waals surface area contributed by atoms with E-state index in [4.69, 9.17) is 0 Å². The van der Waals surface area contributed by atoms with Gasteiger partial charge < -0.3 is 10.2 Å². The maximum absolute atomic E-state index is 13.4. The molecule has 0 heterocycles. The van der Waals surface area contributed by atoms with Crippen LogP contribution in [0.4, 0.5) is 13.2 Å². The summed E-state index contributed by atoms with van der Waals surface area (Å²) >= 11 is 0. The molecule has 112 valence electrons. The Balaban J connectivity index is 2.26. The zero-order valence-corrected chi connectivity index (χ0v) is 11.2. The first-order valence-corrected chi connectivity index (χ1v) is 6.77. The van der Waals surface area contributed by atoms with Crippen LogP contribution in [0.3, 0.4) is 0 Å². The molecule has 22 heavy (non-hydrogen) atoms. The van der Waals surface area contributed by atoms with Crippen molar-refractivity contribution < 1.29 is 23.4 Å². The number of hydrogen-bond donors (Lipinski definition) is 2. The molecule has 0 aromatic heterocycles. The lowest BCUT2D eigenvalue weighted by atomic mass is 9.78. The molecule has 0 spiro atoms. The molecule has 0 fully saturated rings. The molecule has 2 nitrogen and oxygen atoms in total. The van der Waals surface area contributed by atoms with Crippen molar-refractivity contribution in [3.63, 3.8) is 0 Å². The van der Waals surface area contributed by atoms with E-state index in [1.165, 1.54) is 6.07 Å². The van der Waals surface area contributed by atoms with Gasteiger partial charge in [-0.05, 0) is 32.8 Å². The Morgan fingerprint density at radius 2 is 1.55 bits per heavy atom. The van der Waals surface area contributed by atoms with E-state index in [0.29, 0.717) is 16.0 Å². The summed E-state index contributed by atoms with van der Waals surface area (Å²) in [6.45, 7) is 0. The number of hydrogen-bond acceptors (Lipinski definition) is 2. The van der Waals surface area contributed by atoms with Crippen LogP contribution in [0.15, 0.2) is 42.5 Å². The molecule has 2 atom stereocenters. The minimum atomic E-state index is -4.98. The predicted octanol–water partition coefficient (Wildman–Crippen LogP) is 2.62. The van der Waals surface area contributed by atoms with Gasteiger partial charge in [0.1, 0.15) is 6.10 Å². The fraction of sp³-hybridized carbons (Fsp3) is 0.176. The SMILES string of the molecule is OC1C=c2ccc3cccc4ccc(c2c43)C1(O)C(F)(F)F. The van der Waals surface area contributed by atoms with E-state index in [2.05, 4.69) is 0 Å². The van der Waals surface area contributed by atoms with Crippen LogP contribution in [0.2, 0.25) is 0 Å². The Hall–Kier alpha value is -2.11. The number of halogens is 3. The largest absolute Gasteiger partial charge is 0.424 e. The molecular formula is C17H11F3O2. The zero-order valence-electron chi connectivity index (χ0n) is 11.2. The fourth-order valence-corrected chi connectivity index (χ4v) is 3.34. The van der Waals surface area contributed by atoms with Crippen molar-refractivity contribution in [3.8, 4) is 0 Å². The van der Waals surface area contributed by atoms with E-state index in [-0.39, 0.29) is 5.56 Å². The lowest BCUT2D eigenvalue weighted by Gasteiger charge is -2.37. The minimum Gasteiger partial charge on any atom is -0.385 e. The molecule has 0 saturated carbocycles. The van der Waals surface area contributed by atoms with E-state index in [1.807, 2.05) is 18.2 Å². The fourth-order valence-electron chi connectivity index (χ4n) is 3.34. The van der Waals surface area contributed by atoms with Crippen molar-refractivity contribution in [3.05, 3.63) is 53.2 Å². The average Bonchev–Trinajstić information content (AvgIpc) is 2.47. The van der Waals surface area contributed by atoms with Gasteiger partial charge in [-0.15, -0.1) is 0 Å². The van der Waals surface area contributed by atoms with Gasteiger partial charge in [-0.1, -0.05) is 42.5 Å². The van der Waals surface area contributed by atoms with Crippen molar-refractivity contribution >= 4 is 27.6 Å². The van der Waals surface area contributed by atoms with E-state index >= 15 is 0 Å². The van der Waals surface area contributed by atoms with Crippen LogP contribution in [0.25, 0.3) is 27.6 Å². The molecule has 0 saturated heterocycles. The maximum atomic E-state index is 13.4. The van der Waals surface area contributed by atoms with Crippen LogP contribution < -0.4 is 5.22 Å². The summed E-state index contributed by atoms with van der Waals surface area (Å²) in [5.41, 5.74) is -3.59. The van der Waals surface area contributed by atoms with Crippen LogP contribution in [0, 0.1) is 0 Å². The smallest absolute Gasteiger partial charge is 0.385 e. The van der Waals surface area contributed by atoms with Crippen LogP contribution in [-0.2, 0) is 5.60 Å². The van der Waals surface area contributed by atoms with Crippen molar-refractivity contribution in [1.82, 2.24) is 0 Å². The number of alkyl halides is 3. The molecule has 1 aliphatic carbocycles. The van der Waals surface area contributed by atoms with Crippen LogP contribution in [0.1, 0.15) is 5.56 Å². The van der Waals surface area contributed by atoms with Crippen molar-refractivity contribution in [2.75, 3.05) is 0 Å². The monoisotopic (exact) mass is 304 g/mol. The summed E-state index contributed by atoms with van der Waals surface area (Å²) in [6.07, 6.45) is -5.95. The van der Waals surface area contributed by atoms with E-state index in [1.54, 1.807) is 18.2 Å². The number of aliphatic hydroxyl groups excluding tert-OH is 1. The van der Waals surface area contributed by atoms with E-state index in [9.17, 15) is 23.4 Å².